The van der Waals surface area contributed by atoms with Crippen molar-refractivity contribution in [1.82, 2.24) is 4.72 Å². The van der Waals surface area contributed by atoms with E-state index in [-0.39, 0.29) is 16.5 Å². The minimum Gasteiger partial charge on any atom is -0.366 e. The number of halogens is 2. The van der Waals surface area contributed by atoms with Gasteiger partial charge in [-0.3, -0.25) is 9.59 Å². The Hall–Kier alpha value is -2.85. The number of benzene rings is 2. The van der Waals surface area contributed by atoms with Gasteiger partial charge in [-0.2, -0.15) is 0 Å². The SMILES string of the molecule is NC(=O)c1cc(NC(=O)c2cccc(S(=O)(=O)NC3CCCC3)c2)c(F)cc1F. The summed E-state index contributed by atoms with van der Waals surface area (Å²) < 4.78 is 55.2. The van der Waals surface area contributed by atoms with Crippen LogP contribution in [0.3, 0.4) is 0 Å². The molecule has 2 aromatic carbocycles. The Bertz CT molecular complexity index is 1070. The maximum absolute atomic E-state index is 14.0. The zero-order chi connectivity index (χ0) is 21.2. The molecule has 0 atom stereocenters. The van der Waals surface area contributed by atoms with Gasteiger partial charge < -0.3 is 11.1 Å². The molecule has 0 heterocycles. The Labute approximate surface area is 166 Å². The molecule has 0 aromatic heterocycles. The molecular weight excluding hydrogens is 404 g/mol. The summed E-state index contributed by atoms with van der Waals surface area (Å²) in [5.74, 6) is -4.21. The van der Waals surface area contributed by atoms with Crippen LogP contribution in [0.5, 0.6) is 0 Å². The van der Waals surface area contributed by atoms with Crippen LogP contribution in [0.15, 0.2) is 41.3 Å². The number of anilines is 1. The van der Waals surface area contributed by atoms with Crippen LogP contribution in [0.4, 0.5) is 14.5 Å². The topological polar surface area (TPSA) is 118 Å². The minimum absolute atomic E-state index is 0.0522. The van der Waals surface area contributed by atoms with E-state index in [9.17, 15) is 26.8 Å². The third-order valence-electron chi connectivity index (χ3n) is 4.65. The molecule has 0 aliphatic heterocycles. The molecule has 1 aliphatic rings. The van der Waals surface area contributed by atoms with Crippen LogP contribution < -0.4 is 15.8 Å². The molecule has 0 bridgehead atoms. The lowest BCUT2D eigenvalue weighted by atomic mass is 10.1. The molecule has 0 radical (unpaired) electrons. The molecule has 1 aliphatic carbocycles. The van der Waals surface area contributed by atoms with Crippen LogP contribution in [0, 0.1) is 11.6 Å². The van der Waals surface area contributed by atoms with Gasteiger partial charge in [-0.25, -0.2) is 21.9 Å². The van der Waals surface area contributed by atoms with E-state index in [1.54, 1.807) is 0 Å². The van der Waals surface area contributed by atoms with Crippen molar-refractivity contribution in [2.45, 2.75) is 36.6 Å². The summed E-state index contributed by atoms with van der Waals surface area (Å²) in [7, 11) is -3.82. The molecule has 2 amide bonds. The minimum atomic E-state index is -3.82. The van der Waals surface area contributed by atoms with Gasteiger partial charge in [0.05, 0.1) is 16.1 Å². The number of rotatable bonds is 6. The fourth-order valence-electron chi connectivity index (χ4n) is 3.16. The van der Waals surface area contributed by atoms with Crippen LogP contribution in [0.2, 0.25) is 0 Å². The predicted molar refractivity (Wildman–Crippen MR) is 102 cm³/mol. The van der Waals surface area contributed by atoms with E-state index < -0.39 is 44.7 Å². The number of primary amides is 1. The van der Waals surface area contributed by atoms with E-state index in [1.807, 2.05) is 0 Å². The molecule has 0 spiro atoms. The summed E-state index contributed by atoms with van der Waals surface area (Å²) >= 11 is 0. The van der Waals surface area contributed by atoms with Crippen molar-refractivity contribution >= 4 is 27.5 Å². The first-order valence-electron chi connectivity index (χ1n) is 8.90. The largest absolute Gasteiger partial charge is 0.366 e. The summed E-state index contributed by atoms with van der Waals surface area (Å²) in [6.07, 6.45) is 3.41. The number of hydrogen-bond donors (Lipinski definition) is 3. The van der Waals surface area contributed by atoms with Gasteiger partial charge in [0.2, 0.25) is 10.0 Å². The lowest BCUT2D eigenvalue weighted by Crippen LogP contribution is -2.32. The van der Waals surface area contributed by atoms with Gasteiger partial charge in [-0.1, -0.05) is 18.9 Å². The lowest BCUT2D eigenvalue weighted by molar-refractivity contribution is 0.0992. The summed E-state index contributed by atoms with van der Waals surface area (Å²) in [6.45, 7) is 0. The van der Waals surface area contributed by atoms with E-state index in [0.717, 1.165) is 37.8 Å². The Kier molecular flexibility index (Phi) is 5.94. The van der Waals surface area contributed by atoms with E-state index in [4.69, 9.17) is 5.73 Å². The normalized spacial score (nSPS) is 14.7. The Morgan fingerprint density at radius 2 is 1.72 bits per heavy atom. The fraction of sp³-hybridized carbons (Fsp3) is 0.263. The zero-order valence-corrected chi connectivity index (χ0v) is 16.1. The highest BCUT2D eigenvalue weighted by Crippen LogP contribution is 2.22. The van der Waals surface area contributed by atoms with Crippen molar-refractivity contribution in [1.29, 1.82) is 0 Å². The number of nitrogens with two attached hydrogens (primary N) is 1. The second-order valence-corrected chi connectivity index (χ2v) is 8.47. The summed E-state index contributed by atoms with van der Waals surface area (Å²) in [6, 6.07) is 6.31. The Morgan fingerprint density at radius 3 is 2.38 bits per heavy atom. The van der Waals surface area contributed by atoms with E-state index in [1.165, 1.54) is 18.2 Å². The highest BCUT2D eigenvalue weighted by atomic mass is 32.2. The standard InChI is InChI=1S/C19H19F2N3O4S/c20-15-10-16(21)17(9-14(15)18(22)25)23-19(26)11-4-3-7-13(8-11)29(27,28)24-12-5-1-2-6-12/h3-4,7-10,12,24H,1-2,5-6H2,(H2,22,25)(H,23,26). The Balaban J connectivity index is 1.83. The van der Waals surface area contributed by atoms with Crippen LogP contribution in [-0.2, 0) is 10.0 Å². The van der Waals surface area contributed by atoms with Gasteiger partial charge in [0.1, 0.15) is 11.6 Å². The van der Waals surface area contributed by atoms with Crippen molar-refractivity contribution in [3.8, 4) is 0 Å². The van der Waals surface area contributed by atoms with Crippen molar-refractivity contribution in [2.75, 3.05) is 5.32 Å². The number of carbonyl (C=O) groups is 2. The van der Waals surface area contributed by atoms with Gasteiger partial charge in [0, 0.05) is 17.7 Å². The lowest BCUT2D eigenvalue weighted by Gasteiger charge is -2.13. The molecule has 7 nitrogen and oxygen atoms in total. The molecule has 0 unspecified atom stereocenters. The quantitative estimate of drug-likeness (QED) is 0.662. The predicted octanol–water partition coefficient (Wildman–Crippen LogP) is 2.54. The maximum atomic E-state index is 14.0. The molecule has 154 valence electrons. The molecule has 2 aromatic rings. The highest BCUT2D eigenvalue weighted by Gasteiger charge is 2.24. The number of hydrogen-bond acceptors (Lipinski definition) is 4. The number of carbonyl (C=O) groups excluding carboxylic acids is 2. The van der Waals surface area contributed by atoms with Crippen molar-refractivity contribution in [3.63, 3.8) is 0 Å². The number of sulfonamides is 1. The molecule has 0 saturated heterocycles. The smallest absolute Gasteiger partial charge is 0.255 e. The first-order valence-corrected chi connectivity index (χ1v) is 10.4. The number of amides is 2. The van der Waals surface area contributed by atoms with Crippen LogP contribution in [-0.4, -0.2) is 26.3 Å². The summed E-state index contributed by atoms with van der Waals surface area (Å²) in [5, 5.41) is 2.20. The molecule has 1 fully saturated rings. The maximum Gasteiger partial charge on any atom is 0.255 e. The van der Waals surface area contributed by atoms with E-state index >= 15 is 0 Å². The Morgan fingerprint density at radius 1 is 1.03 bits per heavy atom. The second kappa shape index (κ2) is 8.26. The van der Waals surface area contributed by atoms with Gasteiger partial charge in [-0.05, 0) is 37.1 Å². The molecule has 3 rings (SSSR count). The van der Waals surface area contributed by atoms with Crippen molar-refractivity contribution in [3.05, 3.63) is 59.2 Å². The van der Waals surface area contributed by atoms with Gasteiger partial charge in [0.25, 0.3) is 11.8 Å². The van der Waals surface area contributed by atoms with Crippen LogP contribution in [0.25, 0.3) is 0 Å². The second-order valence-electron chi connectivity index (χ2n) is 6.76. The molecule has 1 saturated carbocycles. The number of nitrogens with one attached hydrogen (secondary N) is 2. The fourth-order valence-corrected chi connectivity index (χ4v) is 4.51. The van der Waals surface area contributed by atoms with Crippen LogP contribution in [0.1, 0.15) is 46.4 Å². The summed E-state index contributed by atoms with van der Waals surface area (Å²) in [4.78, 5) is 23.6. The average Bonchev–Trinajstić information content (AvgIpc) is 3.16. The summed E-state index contributed by atoms with van der Waals surface area (Å²) in [5.41, 5.74) is 3.93. The molecule has 29 heavy (non-hydrogen) atoms. The van der Waals surface area contributed by atoms with E-state index in [0.29, 0.717) is 6.07 Å². The third kappa shape index (κ3) is 4.77. The monoisotopic (exact) mass is 423 g/mol. The first-order chi connectivity index (χ1) is 13.7. The van der Waals surface area contributed by atoms with Gasteiger partial charge in [0.15, 0.2) is 0 Å². The van der Waals surface area contributed by atoms with Crippen molar-refractivity contribution in [2.24, 2.45) is 5.73 Å². The van der Waals surface area contributed by atoms with E-state index in [2.05, 4.69) is 10.0 Å². The first kappa shape index (κ1) is 20.9. The van der Waals surface area contributed by atoms with Gasteiger partial charge in [-0.15, -0.1) is 0 Å². The zero-order valence-electron chi connectivity index (χ0n) is 15.2. The average molecular weight is 423 g/mol. The molecule has 4 N–H and O–H groups in total. The molecular formula is C19H19F2N3O4S. The third-order valence-corrected chi connectivity index (χ3v) is 6.17. The molecule has 10 heteroatoms. The van der Waals surface area contributed by atoms with Crippen LogP contribution >= 0.6 is 0 Å². The van der Waals surface area contributed by atoms with Crippen molar-refractivity contribution < 1.29 is 26.8 Å². The van der Waals surface area contributed by atoms with Gasteiger partial charge >= 0.3 is 0 Å². The highest BCUT2D eigenvalue weighted by molar-refractivity contribution is 7.89.